The van der Waals surface area contributed by atoms with E-state index >= 15 is 0 Å². The summed E-state index contributed by atoms with van der Waals surface area (Å²) in [5.41, 5.74) is 2.90. The number of halogens is 1. The van der Waals surface area contributed by atoms with Gasteiger partial charge in [-0.15, -0.1) is 0 Å². The van der Waals surface area contributed by atoms with E-state index in [1.165, 1.54) is 10.5 Å². The molecule has 3 nitrogen and oxygen atoms in total. The first-order valence-electron chi connectivity index (χ1n) is 6.56. The van der Waals surface area contributed by atoms with Crippen LogP contribution in [-0.4, -0.2) is 9.38 Å². The van der Waals surface area contributed by atoms with Crippen molar-refractivity contribution in [3.8, 4) is 0 Å². The van der Waals surface area contributed by atoms with Crippen LogP contribution in [0.4, 0.5) is 0 Å². The van der Waals surface area contributed by atoms with Crippen LogP contribution in [0.5, 0.6) is 0 Å². The predicted molar refractivity (Wildman–Crippen MR) is 86.4 cm³/mol. The van der Waals surface area contributed by atoms with E-state index in [0.29, 0.717) is 16.4 Å². The average molecular weight is 297 g/mol. The van der Waals surface area contributed by atoms with E-state index < -0.39 is 0 Å². The Kier molecular flexibility index (Phi) is 3.59. The van der Waals surface area contributed by atoms with Crippen molar-refractivity contribution in [3.05, 3.63) is 81.9 Å². The van der Waals surface area contributed by atoms with Crippen LogP contribution in [0.1, 0.15) is 16.8 Å². The van der Waals surface area contributed by atoms with Gasteiger partial charge < -0.3 is 0 Å². The zero-order chi connectivity index (χ0) is 14.8. The monoisotopic (exact) mass is 296 g/mol. The molecule has 0 aliphatic heterocycles. The standard InChI is InChI=1S/C17H13ClN2O/c1-12-7-8-16-19-15(10-17(21)20(16)11-12)14(18)9-13-5-3-2-4-6-13/h2-11H,1H3/b14-9-. The number of pyridine rings is 1. The van der Waals surface area contributed by atoms with Crippen molar-refractivity contribution in [2.24, 2.45) is 0 Å². The van der Waals surface area contributed by atoms with Crippen molar-refractivity contribution in [2.45, 2.75) is 6.92 Å². The topological polar surface area (TPSA) is 34.4 Å². The highest BCUT2D eigenvalue weighted by Gasteiger charge is 2.05. The second-order valence-electron chi connectivity index (χ2n) is 4.82. The maximum absolute atomic E-state index is 12.1. The van der Waals surface area contributed by atoms with E-state index in [-0.39, 0.29) is 5.56 Å². The Morgan fingerprint density at radius 1 is 1.19 bits per heavy atom. The second kappa shape index (κ2) is 5.54. The molecule has 0 aliphatic carbocycles. The van der Waals surface area contributed by atoms with Crippen molar-refractivity contribution < 1.29 is 0 Å². The zero-order valence-corrected chi connectivity index (χ0v) is 12.2. The number of nitrogens with zero attached hydrogens (tertiary/aromatic N) is 2. The molecular weight excluding hydrogens is 284 g/mol. The van der Waals surface area contributed by atoms with E-state index in [1.54, 1.807) is 12.3 Å². The summed E-state index contributed by atoms with van der Waals surface area (Å²) in [5, 5.41) is 0.446. The van der Waals surface area contributed by atoms with Crippen molar-refractivity contribution >= 4 is 28.4 Å². The van der Waals surface area contributed by atoms with Gasteiger partial charge in [0.05, 0.1) is 10.7 Å². The Hall–Kier alpha value is -2.39. The molecule has 0 atom stereocenters. The minimum absolute atomic E-state index is 0.140. The van der Waals surface area contributed by atoms with Crippen molar-refractivity contribution in [1.82, 2.24) is 9.38 Å². The third kappa shape index (κ3) is 2.88. The highest BCUT2D eigenvalue weighted by Crippen LogP contribution is 2.20. The Morgan fingerprint density at radius 2 is 1.95 bits per heavy atom. The van der Waals surface area contributed by atoms with Crippen LogP contribution in [0, 0.1) is 6.92 Å². The molecule has 1 aromatic carbocycles. The van der Waals surface area contributed by atoms with Gasteiger partial charge in [0.25, 0.3) is 5.56 Å². The maximum atomic E-state index is 12.1. The normalized spacial score (nSPS) is 11.8. The number of fused-ring (bicyclic) bond motifs is 1. The van der Waals surface area contributed by atoms with Crippen LogP contribution in [0.2, 0.25) is 0 Å². The number of rotatable bonds is 2. The van der Waals surface area contributed by atoms with Gasteiger partial charge in [-0.1, -0.05) is 48.0 Å². The molecule has 0 fully saturated rings. The van der Waals surface area contributed by atoms with Gasteiger partial charge >= 0.3 is 0 Å². The van der Waals surface area contributed by atoms with Crippen molar-refractivity contribution in [1.29, 1.82) is 0 Å². The molecule has 3 aromatic rings. The summed E-state index contributed by atoms with van der Waals surface area (Å²) in [6, 6.07) is 14.9. The van der Waals surface area contributed by atoms with Gasteiger partial charge in [-0.3, -0.25) is 9.20 Å². The van der Waals surface area contributed by atoms with Crippen LogP contribution in [0.3, 0.4) is 0 Å². The van der Waals surface area contributed by atoms with Gasteiger partial charge in [-0.2, -0.15) is 0 Å². The fourth-order valence-corrected chi connectivity index (χ4v) is 2.32. The van der Waals surface area contributed by atoms with Gasteiger partial charge in [0.15, 0.2) is 0 Å². The summed E-state index contributed by atoms with van der Waals surface area (Å²) in [7, 11) is 0. The molecule has 0 N–H and O–H groups in total. The largest absolute Gasteiger partial charge is 0.269 e. The predicted octanol–water partition coefficient (Wildman–Crippen LogP) is 3.74. The molecule has 3 rings (SSSR count). The molecular formula is C17H13ClN2O. The smallest absolute Gasteiger partial charge is 0.258 e. The Labute approximate surface area is 127 Å². The second-order valence-corrected chi connectivity index (χ2v) is 5.22. The average Bonchev–Trinajstić information content (AvgIpc) is 2.49. The summed E-state index contributed by atoms with van der Waals surface area (Å²) < 4.78 is 1.52. The number of benzene rings is 1. The molecule has 4 heteroatoms. The van der Waals surface area contributed by atoms with Gasteiger partial charge in [-0.25, -0.2) is 4.98 Å². The van der Waals surface area contributed by atoms with Gasteiger partial charge in [0, 0.05) is 12.3 Å². The van der Waals surface area contributed by atoms with Gasteiger partial charge in [0.1, 0.15) is 5.65 Å². The van der Waals surface area contributed by atoms with Crippen LogP contribution in [-0.2, 0) is 0 Å². The molecule has 2 heterocycles. The van der Waals surface area contributed by atoms with E-state index in [9.17, 15) is 4.79 Å². The fourth-order valence-electron chi connectivity index (χ4n) is 2.10. The highest BCUT2D eigenvalue weighted by atomic mass is 35.5. The molecule has 0 saturated heterocycles. The summed E-state index contributed by atoms with van der Waals surface area (Å²) in [6.07, 6.45) is 3.57. The Balaban J connectivity index is 2.11. The van der Waals surface area contributed by atoms with Gasteiger partial charge in [0.2, 0.25) is 0 Å². The summed E-state index contributed by atoms with van der Waals surface area (Å²) in [5.74, 6) is 0. The summed E-state index contributed by atoms with van der Waals surface area (Å²) in [4.78, 5) is 16.6. The lowest BCUT2D eigenvalue weighted by Gasteiger charge is -2.04. The van der Waals surface area contributed by atoms with Crippen molar-refractivity contribution in [3.63, 3.8) is 0 Å². The summed E-state index contributed by atoms with van der Waals surface area (Å²) in [6.45, 7) is 1.93. The van der Waals surface area contributed by atoms with Crippen molar-refractivity contribution in [2.75, 3.05) is 0 Å². The molecule has 2 aromatic heterocycles. The summed E-state index contributed by atoms with van der Waals surface area (Å²) >= 11 is 6.29. The lowest BCUT2D eigenvalue weighted by Crippen LogP contribution is -2.15. The van der Waals surface area contributed by atoms with E-state index in [0.717, 1.165) is 11.1 Å². The molecule has 0 radical (unpaired) electrons. The number of aryl methyl sites for hydroxylation is 1. The molecule has 0 saturated carbocycles. The van der Waals surface area contributed by atoms with Crippen LogP contribution in [0.15, 0.2) is 59.5 Å². The quantitative estimate of drug-likeness (QED) is 0.722. The third-order valence-electron chi connectivity index (χ3n) is 3.15. The van der Waals surface area contributed by atoms with Gasteiger partial charge in [-0.05, 0) is 30.2 Å². The highest BCUT2D eigenvalue weighted by molar-refractivity contribution is 6.51. The first-order valence-corrected chi connectivity index (χ1v) is 6.94. The maximum Gasteiger partial charge on any atom is 0.258 e. The molecule has 0 spiro atoms. The first kappa shape index (κ1) is 13.6. The Morgan fingerprint density at radius 3 is 2.71 bits per heavy atom. The molecule has 0 unspecified atom stereocenters. The molecule has 104 valence electrons. The zero-order valence-electron chi connectivity index (χ0n) is 11.5. The third-order valence-corrected chi connectivity index (χ3v) is 3.45. The molecule has 0 bridgehead atoms. The number of hydrogen-bond donors (Lipinski definition) is 0. The van der Waals surface area contributed by atoms with E-state index in [1.807, 2.05) is 49.4 Å². The Bertz CT molecular complexity index is 882. The minimum Gasteiger partial charge on any atom is -0.269 e. The van der Waals surface area contributed by atoms with E-state index in [2.05, 4.69) is 4.98 Å². The fraction of sp³-hybridized carbons (Fsp3) is 0.0588. The molecule has 0 amide bonds. The van der Waals surface area contributed by atoms with Crippen LogP contribution in [0.25, 0.3) is 16.8 Å². The molecule has 0 aliphatic rings. The molecule has 21 heavy (non-hydrogen) atoms. The van der Waals surface area contributed by atoms with Crippen LogP contribution < -0.4 is 5.56 Å². The number of aromatic nitrogens is 2. The minimum atomic E-state index is -0.140. The number of hydrogen-bond acceptors (Lipinski definition) is 2. The first-order chi connectivity index (χ1) is 10.1. The van der Waals surface area contributed by atoms with Crippen LogP contribution >= 0.6 is 11.6 Å². The lowest BCUT2D eigenvalue weighted by molar-refractivity contribution is 1.02. The van der Waals surface area contributed by atoms with E-state index in [4.69, 9.17) is 11.6 Å². The SMILES string of the molecule is Cc1ccc2nc(/C(Cl)=C/c3ccccc3)cc(=O)n2c1. The lowest BCUT2D eigenvalue weighted by atomic mass is 10.2.